The van der Waals surface area contributed by atoms with E-state index in [0.717, 1.165) is 30.9 Å². The molecule has 5 heteroatoms. The minimum absolute atomic E-state index is 0.234. The zero-order valence-corrected chi connectivity index (χ0v) is 11.7. The Morgan fingerprint density at radius 1 is 1.61 bits per heavy atom. The number of hydrogen-bond donors (Lipinski definition) is 1. The number of halogens is 1. The molecule has 1 saturated heterocycles. The molecule has 1 aliphatic heterocycles. The molecule has 1 aliphatic rings. The van der Waals surface area contributed by atoms with Crippen LogP contribution in [0.15, 0.2) is 12.3 Å². The van der Waals surface area contributed by atoms with Crippen molar-refractivity contribution in [2.24, 2.45) is 11.7 Å². The first-order valence-corrected chi connectivity index (χ1v) is 6.66. The molecule has 1 fully saturated rings. The molecule has 0 saturated carbocycles. The molecule has 0 spiro atoms. The zero-order valence-electron chi connectivity index (χ0n) is 10.9. The van der Waals surface area contributed by atoms with Crippen LogP contribution < -0.4 is 10.6 Å². The van der Waals surface area contributed by atoms with Gasteiger partial charge in [0.05, 0.1) is 11.1 Å². The SMILES string of the molecule is COC1CN(c2nccc(CN)c2Cl)CCC1C. The highest BCUT2D eigenvalue weighted by molar-refractivity contribution is 6.33. The van der Waals surface area contributed by atoms with Crippen LogP contribution in [-0.2, 0) is 11.3 Å². The van der Waals surface area contributed by atoms with Crippen molar-refractivity contribution in [2.75, 3.05) is 25.1 Å². The second kappa shape index (κ2) is 5.87. The van der Waals surface area contributed by atoms with Crippen molar-refractivity contribution in [1.82, 2.24) is 4.98 Å². The van der Waals surface area contributed by atoms with Crippen LogP contribution >= 0.6 is 11.6 Å². The van der Waals surface area contributed by atoms with E-state index in [2.05, 4.69) is 16.8 Å². The number of anilines is 1. The highest BCUT2D eigenvalue weighted by Gasteiger charge is 2.28. The molecule has 4 nitrogen and oxygen atoms in total. The van der Waals surface area contributed by atoms with E-state index < -0.39 is 0 Å². The molecule has 2 N–H and O–H groups in total. The number of hydrogen-bond acceptors (Lipinski definition) is 4. The molecule has 0 bridgehead atoms. The predicted molar refractivity (Wildman–Crippen MR) is 73.9 cm³/mol. The fourth-order valence-electron chi connectivity index (χ4n) is 2.38. The summed E-state index contributed by atoms with van der Waals surface area (Å²) >= 11 is 6.34. The number of nitrogens with two attached hydrogens (primary N) is 1. The molecule has 2 atom stereocenters. The number of aromatic nitrogens is 1. The number of rotatable bonds is 3. The van der Waals surface area contributed by atoms with Gasteiger partial charge in [-0.2, -0.15) is 0 Å². The zero-order chi connectivity index (χ0) is 13.1. The van der Waals surface area contributed by atoms with Gasteiger partial charge in [-0.1, -0.05) is 18.5 Å². The van der Waals surface area contributed by atoms with E-state index in [-0.39, 0.29) is 6.10 Å². The minimum atomic E-state index is 0.234. The molecule has 0 radical (unpaired) electrons. The summed E-state index contributed by atoms with van der Waals surface area (Å²) in [5.74, 6) is 1.40. The molecular weight excluding hydrogens is 250 g/mol. The van der Waals surface area contributed by atoms with Crippen LogP contribution in [0.5, 0.6) is 0 Å². The molecule has 0 aromatic carbocycles. The quantitative estimate of drug-likeness (QED) is 0.913. The monoisotopic (exact) mass is 269 g/mol. The Morgan fingerprint density at radius 2 is 2.39 bits per heavy atom. The smallest absolute Gasteiger partial charge is 0.147 e. The highest BCUT2D eigenvalue weighted by atomic mass is 35.5. The summed E-state index contributed by atoms with van der Waals surface area (Å²) in [4.78, 5) is 6.58. The minimum Gasteiger partial charge on any atom is -0.379 e. The third kappa shape index (κ3) is 2.60. The van der Waals surface area contributed by atoms with Crippen molar-refractivity contribution in [2.45, 2.75) is 26.0 Å². The van der Waals surface area contributed by atoms with Crippen LogP contribution in [0.25, 0.3) is 0 Å². The third-order valence-corrected chi connectivity index (χ3v) is 4.07. The second-order valence-electron chi connectivity index (χ2n) is 4.80. The molecule has 2 heterocycles. The van der Waals surface area contributed by atoms with Gasteiger partial charge in [0.15, 0.2) is 0 Å². The van der Waals surface area contributed by atoms with Crippen molar-refractivity contribution < 1.29 is 4.74 Å². The molecule has 100 valence electrons. The van der Waals surface area contributed by atoms with E-state index in [1.807, 2.05) is 6.07 Å². The fraction of sp³-hybridized carbons (Fsp3) is 0.615. The lowest BCUT2D eigenvalue weighted by atomic mass is 9.96. The van der Waals surface area contributed by atoms with Gasteiger partial charge in [-0.05, 0) is 24.0 Å². The maximum atomic E-state index is 6.34. The topological polar surface area (TPSA) is 51.4 Å². The van der Waals surface area contributed by atoms with Crippen molar-refractivity contribution in [3.63, 3.8) is 0 Å². The van der Waals surface area contributed by atoms with Gasteiger partial charge in [-0.15, -0.1) is 0 Å². The number of pyridine rings is 1. The van der Waals surface area contributed by atoms with Gasteiger partial charge in [0.25, 0.3) is 0 Å². The average molecular weight is 270 g/mol. The van der Waals surface area contributed by atoms with E-state index in [9.17, 15) is 0 Å². The van der Waals surface area contributed by atoms with Crippen LogP contribution in [0, 0.1) is 5.92 Å². The van der Waals surface area contributed by atoms with Gasteiger partial charge in [-0.3, -0.25) is 0 Å². The number of methoxy groups -OCH3 is 1. The van der Waals surface area contributed by atoms with Gasteiger partial charge in [0.2, 0.25) is 0 Å². The van der Waals surface area contributed by atoms with Gasteiger partial charge < -0.3 is 15.4 Å². The molecule has 18 heavy (non-hydrogen) atoms. The molecule has 1 aromatic heterocycles. The Labute approximate surface area is 113 Å². The first kappa shape index (κ1) is 13.6. The number of ether oxygens (including phenoxy) is 1. The molecule has 2 unspecified atom stereocenters. The van der Waals surface area contributed by atoms with E-state index >= 15 is 0 Å². The lowest BCUT2D eigenvalue weighted by Gasteiger charge is -2.37. The highest BCUT2D eigenvalue weighted by Crippen LogP contribution is 2.30. The summed E-state index contributed by atoms with van der Waals surface area (Å²) < 4.78 is 5.51. The van der Waals surface area contributed by atoms with Crippen LogP contribution in [0.1, 0.15) is 18.9 Å². The van der Waals surface area contributed by atoms with E-state index in [1.165, 1.54) is 0 Å². The van der Waals surface area contributed by atoms with Crippen LogP contribution in [0.4, 0.5) is 5.82 Å². The second-order valence-corrected chi connectivity index (χ2v) is 5.18. The molecule has 0 aliphatic carbocycles. The first-order valence-electron chi connectivity index (χ1n) is 6.28. The summed E-state index contributed by atoms with van der Waals surface area (Å²) in [6, 6.07) is 1.87. The van der Waals surface area contributed by atoms with E-state index in [1.54, 1.807) is 13.3 Å². The lowest BCUT2D eigenvalue weighted by molar-refractivity contribution is 0.0496. The summed E-state index contributed by atoms with van der Waals surface area (Å²) in [5.41, 5.74) is 6.61. The van der Waals surface area contributed by atoms with Gasteiger partial charge >= 0.3 is 0 Å². The van der Waals surface area contributed by atoms with Crippen molar-refractivity contribution in [3.8, 4) is 0 Å². The normalized spacial score (nSPS) is 24.3. The standard InChI is InChI=1S/C13H20ClN3O/c1-9-4-6-17(8-11(9)18-2)13-12(14)10(7-15)3-5-16-13/h3,5,9,11H,4,6-8,15H2,1-2H3. The predicted octanol–water partition coefficient (Wildman–Crippen LogP) is 2.05. The van der Waals surface area contributed by atoms with Gasteiger partial charge in [0, 0.05) is 32.9 Å². The fourth-order valence-corrected chi connectivity index (χ4v) is 2.69. The summed E-state index contributed by atoms with van der Waals surface area (Å²) in [6.07, 6.45) is 3.09. The Kier molecular flexibility index (Phi) is 4.43. The number of piperidine rings is 1. The van der Waals surface area contributed by atoms with Crippen molar-refractivity contribution >= 4 is 17.4 Å². The largest absolute Gasteiger partial charge is 0.379 e. The van der Waals surface area contributed by atoms with E-state index in [0.29, 0.717) is 17.5 Å². The Bertz CT molecular complexity index is 413. The summed E-state index contributed by atoms with van der Waals surface area (Å²) in [7, 11) is 1.76. The van der Waals surface area contributed by atoms with Crippen LogP contribution in [-0.4, -0.2) is 31.3 Å². The van der Waals surface area contributed by atoms with Gasteiger partial charge in [-0.25, -0.2) is 4.98 Å². The van der Waals surface area contributed by atoms with Crippen LogP contribution in [0.2, 0.25) is 5.02 Å². The van der Waals surface area contributed by atoms with Gasteiger partial charge in [0.1, 0.15) is 5.82 Å². The Morgan fingerprint density at radius 3 is 3.06 bits per heavy atom. The summed E-state index contributed by atoms with van der Waals surface area (Å²) in [6.45, 7) is 4.45. The van der Waals surface area contributed by atoms with E-state index in [4.69, 9.17) is 22.1 Å². The summed E-state index contributed by atoms with van der Waals surface area (Å²) in [5, 5.41) is 0.671. The third-order valence-electron chi connectivity index (χ3n) is 3.66. The number of nitrogens with zero attached hydrogens (tertiary/aromatic N) is 2. The average Bonchev–Trinajstić information content (AvgIpc) is 2.40. The molecule has 1 aromatic rings. The molecular formula is C13H20ClN3O. The maximum absolute atomic E-state index is 6.34. The first-order chi connectivity index (χ1) is 8.67. The van der Waals surface area contributed by atoms with Crippen LogP contribution in [0.3, 0.4) is 0 Å². The molecule has 2 rings (SSSR count). The van der Waals surface area contributed by atoms with Crippen molar-refractivity contribution in [3.05, 3.63) is 22.8 Å². The lowest BCUT2D eigenvalue weighted by Crippen LogP contribution is -2.44. The maximum Gasteiger partial charge on any atom is 0.147 e. The van der Waals surface area contributed by atoms with Crippen molar-refractivity contribution in [1.29, 1.82) is 0 Å². The Hall–Kier alpha value is -0.840. The molecule has 0 amide bonds. The Balaban J connectivity index is 2.21.